The maximum Gasteiger partial charge on any atom is 0.0145 e. The third-order valence-corrected chi connectivity index (χ3v) is 2.39. The molecule has 1 rings (SSSR count). The van der Waals surface area contributed by atoms with Crippen LogP contribution >= 0.6 is 11.8 Å². The summed E-state index contributed by atoms with van der Waals surface area (Å²) in [6.45, 7) is 7.45. The van der Waals surface area contributed by atoms with E-state index in [1.54, 1.807) is 11.8 Å². The summed E-state index contributed by atoms with van der Waals surface area (Å²) in [5.74, 6) is 0. The predicted molar refractivity (Wildman–Crippen MR) is 48.8 cm³/mol. The van der Waals surface area contributed by atoms with E-state index in [0.717, 1.165) is 6.42 Å². The molecule has 1 aliphatic heterocycles. The van der Waals surface area contributed by atoms with Crippen LogP contribution in [0.4, 0.5) is 0 Å². The molecule has 1 heteroatoms. The van der Waals surface area contributed by atoms with Crippen molar-refractivity contribution in [1.29, 1.82) is 0 Å². The second-order valence-electron chi connectivity index (χ2n) is 1.99. The van der Waals surface area contributed by atoms with Gasteiger partial charge in [0.25, 0.3) is 0 Å². The maximum absolute atomic E-state index is 3.73. The molecule has 0 bridgehead atoms. The zero-order valence-corrected chi connectivity index (χ0v) is 6.66. The number of rotatable bonds is 2. The van der Waals surface area contributed by atoms with Gasteiger partial charge in [-0.05, 0) is 17.4 Å². The van der Waals surface area contributed by atoms with Crippen molar-refractivity contribution in [1.82, 2.24) is 0 Å². The molecule has 0 amide bonds. The molecule has 1 aliphatic rings. The number of hydrogen-bond donors (Lipinski definition) is 0. The van der Waals surface area contributed by atoms with Crippen molar-refractivity contribution in [3.8, 4) is 0 Å². The first kappa shape index (κ1) is 7.42. The van der Waals surface area contributed by atoms with E-state index in [2.05, 4.69) is 24.6 Å². The second kappa shape index (κ2) is 3.47. The second-order valence-corrected chi connectivity index (χ2v) is 2.94. The van der Waals surface area contributed by atoms with Crippen LogP contribution in [-0.2, 0) is 0 Å². The fourth-order valence-corrected chi connectivity index (χ4v) is 1.59. The molecule has 0 saturated carbocycles. The van der Waals surface area contributed by atoms with Gasteiger partial charge in [-0.25, -0.2) is 0 Å². The number of hydrogen-bond acceptors (Lipinski definition) is 1. The Morgan fingerprint density at radius 1 is 1.40 bits per heavy atom. The molecule has 0 unspecified atom stereocenters. The molecule has 52 valence electrons. The molecule has 0 aromatic heterocycles. The number of allylic oxidation sites excluding steroid dienone is 4. The van der Waals surface area contributed by atoms with Gasteiger partial charge in [0, 0.05) is 4.91 Å². The first-order valence-corrected chi connectivity index (χ1v) is 4.06. The van der Waals surface area contributed by atoms with Crippen molar-refractivity contribution >= 4 is 11.8 Å². The van der Waals surface area contributed by atoms with Crippen LogP contribution in [0, 0.1) is 0 Å². The van der Waals surface area contributed by atoms with E-state index < -0.39 is 0 Å². The van der Waals surface area contributed by atoms with Crippen LogP contribution in [-0.4, -0.2) is 0 Å². The molecule has 0 fully saturated rings. The van der Waals surface area contributed by atoms with Crippen molar-refractivity contribution < 1.29 is 0 Å². The summed E-state index contributed by atoms with van der Waals surface area (Å²) in [5, 5.41) is 2.09. The molecular formula is C9H10S. The van der Waals surface area contributed by atoms with Gasteiger partial charge in [-0.2, -0.15) is 0 Å². The van der Waals surface area contributed by atoms with Crippen LogP contribution in [0.25, 0.3) is 0 Å². The van der Waals surface area contributed by atoms with Crippen molar-refractivity contribution in [3.05, 3.63) is 47.3 Å². The smallest absolute Gasteiger partial charge is 0.0145 e. The molecule has 0 spiro atoms. The largest absolute Gasteiger partial charge is 0.0987 e. The molecule has 0 aromatic rings. The van der Waals surface area contributed by atoms with Crippen molar-refractivity contribution in [2.24, 2.45) is 0 Å². The number of thioether (sulfide) groups is 1. The highest BCUT2D eigenvalue weighted by atomic mass is 32.2. The summed E-state index contributed by atoms with van der Waals surface area (Å²) in [4.78, 5) is 1.23. The van der Waals surface area contributed by atoms with Gasteiger partial charge in [0.1, 0.15) is 0 Å². The Kier molecular flexibility index (Phi) is 2.57. The van der Waals surface area contributed by atoms with Crippen LogP contribution in [0.15, 0.2) is 47.3 Å². The summed E-state index contributed by atoms with van der Waals surface area (Å²) in [6, 6.07) is 0. The summed E-state index contributed by atoms with van der Waals surface area (Å²) < 4.78 is 0. The SMILES string of the molecule is C=CC1=C(C=C)SC=CC1. The summed E-state index contributed by atoms with van der Waals surface area (Å²) in [5.41, 5.74) is 1.28. The minimum atomic E-state index is 0.998. The average Bonchev–Trinajstić information content (AvgIpc) is 2.04. The van der Waals surface area contributed by atoms with Crippen LogP contribution in [0.2, 0.25) is 0 Å². The quantitative estimate of drug-likeness (QED) is 0.582. The Bertz CT molecular complexity index is 187. The van der Waals surface area contributed by atoms with E-state index in [1.165, 1.54) is 10.5 Å². The van der Waals surface area contributed by atoms with E-state index in [-0.39, 0.29) is 0 Å². The van der Waals surface area contributed by atoms with E-state index in [1.807, 2.05) is 12.2 Å². The molecule has 0 radical (unpaired) electrons. The molecule has 0 aliphatic carbocycles. The molecule has 0 saturated heterocycles. The monoisotopic (exact) mass is 150 g/mol. The van der Waals surface area contributed by atoms with Crippen LogP contribution in [0.1, 0.15) is 6.42 Å². The summed E-state index contributed by atoms with van der Waals surface area (Å²) in [6.07, 6.45) is 6.91. The minimum absolute atomic E-state index is 0.998. The first-order chi connectivity index (χ1) is 4.88. The van der Waals surface area contributed by atoms with Gasteiger partial charge in [0.15, 0.2) is 0 Å². The van der Waals surface area contributed by atoms with Gasteiger partial charge in [-0.15, -0.1) is 0 Å². The molecule has 10 heavy (non-hydrogen) atoms. The summed E-state index contributed by atoms with van der Waals surface area (Å²) in [7, 11) is 0. The molecule has 0 aromatic carbocycles. The topological polar surface area (TPSA) is 0 Å². The van der Waals surface area contributed by atoms with E-state index in [9.17, 15) is 0 Å². The van der Waals surface area contributed by atoms with Crippen LogP contribution < -0.4 is 0 Å². The molecule has 1 heterocycles. The van der Waals surface area contributed by atoms with Gasteiger partial charge < -0.3 is 0 Å². The lowest BCUT2D eigenvalue weighted by Crippen LogP contribution is -1.84. The zero-order chi connectivity index (χ0) is 7.40. The lowest BCUT2D eigenvalue weighted by molar-refractivity contribution is 1.28. The van der Waals surface area contributed by atoms with Gasteiger partial charge in [0.2, 0.25) is 0 Å². The zero-order valence-electron chi connectivity index (χ0n) is 5.84. The minimum Gasteiger partial charge on any atom is -0.0987 e. The fourth-order valence-electron chi connectivity index (χ4n) is 0.836. The average molecular weight is 150 g/mol. The lowest BCUT2D eigenvalue weighted by atomic mass is 10.1. The molecule has 0 nitrogen and oxygen atoms in total. The fraction of sp³-hybridized carbons (Fsp3) is 0.111. The van der Waals surface area contributed by atoms with Gasteiger partial charge in [-0.1, -0.05) is 43.1 Å². The van der Waals surface area contributed by atoms with E-state index in [4.69, 9.17) is 0 Å². The normalized spacial score (nSPS) is 17.2. The van der Waals surface area contributed by atoms with Crippen LogP contribution in [0.3, 0.4) is 0 Å². The van der Waals surface area contributed by atoms with Crippen molar-refractivity contribution in [2.75, 3.05) is 0 Å². The van der Waals surface area contributed by atoms with Gasteiger partial charge in [-0.3, -0.25) is 0 Å². The van der Waals surface area contributed by atoms with Crippen molar-refractivity contribution in [3.63, 3.8) is 0 Å². The third-order valence-electron chi connectivity index (χ3n) is 1.38. The Morgan fingerprint density at radius 2 is 2.20 bits per heavy atom. The van der Waals surface area contributed by atoms with Gasteiger partial charge >= 0.3 is 0 Å². The standard InChI is InChI=1S/C9H10S/c1-3-8-6-5-7-10-9(8)4-2/h3-5,7H,1-2,6H2. The Balaban J connectivity index is 2.85. The van der Waals surface area contributed by atoms with E-state index >= 15 is 0 Å². The third kappa shape index (κ3) is 1.42. The molecule has 0 atom stereocenters. The molecular weight excluding hydrogens is 140 g/mol. The van der Waals surface area contributed by atoms with Gasteiger partial charge in [0.05, 0.1) is 0 Å². The van der Waals surface area contributed by atoms with Crippen LogP contribution in [0.5, 0.6) is 0 Å². The highest BCUT2D eigenvalue weighted by Crippen LogP contribution is 2.29. The first-order valence-electron chi connectivity index (χ1n) is 3.18. The maximum atomic E-state index is 3.73. The molecule has 0 N–H and O–H groups in total. The van der Waals surface area contributed by atoms with Crippen molar-refractivity contribution in [2.45, 2.75) is 6.42 Å². The predicted octanol–water partition coefficient (Wildman–Crippen LogP) is 3.26. The Morgan fingerprint density at radius 3 is 2.70 bits per heavy atom. The lowest BCUT2D eigenvalue weighted by Gasteiger charge is -2.07. The highest BCUT2D eigenvalue weighted by molar-refractivity contribution is 8.06. The Labute approximate surface area is 66.0 Å². The Hall–Kier alpha value is -0.690. The van der Waals surface area contributed by atoms with E-state index in [0.29, 0.717) is 0 Å². The summed E-state index contributed by atoms with van der Waals surface area (Å²) >= 11 is 1.71. The highest BCUT2D eigenvalue weighted by Gasteiger charge is 2.01.